The first kappa shape index (κ1) is 10.4. The number of aryl methyl sites for hydroxylation is 1. The van der Waals surface area contributed by atoms with Gasteiger partial charge in [-0.3, -0.25) is 9.36 Å². The molecule has 0 aliphatic heterocycles. The zero-order valence-corrected chi connectivity index (χ0v) is 10.1. The highest BCUT2D eigenvalue weighted by molar-refractivity contribution is 9.09. The molecule has 1 heterocycles. The van der Waals surface area contributed by atoms with Crippen molar-refractivity contribution in [2.45, 2.75) is 13.3 Å². The molecule has 3 heteroatoms. The van der Waals surface area contributed by atoms with Crippen LogP contribution in [0.5, 0.6) is 0 Å². The number of rotatable bonds is 2. The molecule has 0 N–H and O–H groups in total. The zero-order chi connectivity index (χ0) is 10.8. The highest BCUT2D eigenvalue weighted by Crippen LogP contribution is 2.21. The molecule has 15 heavy (non-hydrogen) atoms. The lowest BCUT2D eigenvalue weighted by molar-refractivity contribution is 0.0941. The second-order valence-corrected chi connectivity index (χ2v) is 4.29. The Morgan fingerprint density at radius 2 is 2.20 bits per heavy atom. The van der Waals surface area contributed by atoms with Crippen LogP contribution in [0, 0.1) is 0 Å². The Kier molecular flexibility index (Phi) is 2.91. The second kappa shape index (κ2) is 4.19. The van der Waals surface area contributed by atoms with E-state index in [-0.39, 0.29) is 5.91 Å². The molecule has 0 aliphatic rings. The van der Waals surface area contributed by atoms with Crippen molar-refractivity contribution in [2.75, 3.05) is 5.33 Å². The van der Waals surface area contributed by atoms with Crippen LogP contribution in [0.25, 0.3) is 10.9 Å². The Bertz CT molecular complexity index is 501. The lowest BCUT2D eigenvalue weighted by Gasteiger charge is -2.02. The summed E-state index contributed by atoms with van der Waals surface area (Å²) in [6.07, 6.45) is 2.82. The van der Waals surface area contributed by atoms with Gasteiger partial charge in [0.1, 0.15) is 0 Å². The average molecular weight is 266 g/mol. The first-order chi connectivity index (χ1) is 7.24. The maximum absolute atomic E-state index is 11.3. The Labute approximate surface area is 97.0 Å². The van der Waals surface area contributed by atoms with Gasteiger partial charge in [0.25, 0.3) is 0 Å². The Morgan fingerprint density at radius 1 is 1.40 bits per heavy atom. The highest BCUT2D eigenvalue weighted by atomic mass is 79.9. The van der Waals surface area contributed by atoms with Gasteiger partial charge in [-0.25, -0.2) is 0 Å². The van der Waals surface area contributed by atoms with E-state index < -0.39 is 0 Å². The summed E-state index contributed by atoms with van der Waals surface area (Å²) in [5.74, 6) is 0.0565. The van der Waals surface area contributed by atoms with E-state index in [1.165, 1.54) is 10.9 Å². The van der Waals surface area contributed by atoms with Gasteiger partial charge < -0.3 is 0 Å². The highest BCUT2D eigenvalue weighted by Gasteiger charge is 2.06. The minimum atomic E-state index is 0.0565. The molecule has 0 radical (unpaired) electrons. The maximum atomic E-state index is 11.3. The molecule has 0 aliphatic carbocycles. The molecular weight excluding hydrogens is 254 g/mol. The number of aromatic nitrogens is 1. The Morgan fingerprint density at radius 3 is 2.87 bits per heavy atom. The fraction of sp³-hybridized carbons (Fsp3) is 0.250. The van der Waals surface area contributed by atoms with E-state index in [1.807, 2.05) is 24.4 Å². The van der Waals surface area contributed by atoms with Gasteiger partial charge in [0.2, 0.25) is 5.91 Å². The summed E-state index contributed by atoms with van der Waals surface area (Å²) in [5.41, 5.74) is 2.28. The van der Waals surface area contributed by atoms with Gasteiger partial charge in [-0.15, -0.1) is 0 Å². The van der Waals surface area contributed by atoms with Crippen LogP contribution in [0.1, 0.15) is 17.3 Å². The quantitative estimate of drug-likeness (QED) is 0.765. The predicted octanol–water partition coefficient (Wildman–Crippen LogP) is 3.24. The van der Waals surface area contributed by atoms with Crippen LogP contribution < -0.4 is 0 Å². The molecular formula is C12H12BrNO. The van der Waals surface area contributed by atoms with E-state index in [0.29, 0.717) is 0 Å². The van der Waals surface area contributed by atoms with Crippen molar-refractivity contribution in [1.82, 2.24) is 4.57 Å². The molecule has 0 saturated carbocycles. The minimum absolute atomic E-state index is 0.0565. The summed E-state index contributed by atoms with van der Waals surface area (Å²) >= 11 is 3.43. The van der Waals surface area contributed by atoms with Crippen molar-refractivity contribution in [3.63, 3.8) is 0 Å². The van der Waals surface area contributed by atoms with Gasteiger partial charge in [0, 0.05) is 23.8 Å². The lowest BCUT2D eigenvalue weighted by Crippen LogP contribution is -2.02. The Hall–Kier alpha value is -1.09. The topological polar surface area (TPSA) is 22.0 Å². The standard InChI is InChI=1S/C12H12BrNO/c1-9(15)14-8-6-11-10(5-7-13)3-2-4-12(11)14/h2-4,6,8H,5,7H2,1H3. The van der Waals surface area contributed by atoms with Gasteiger partial charge in [0.05, 0.1) is 5.52 Å². The molecule has 0 bridgehead atoms. The third kappa shape index (κ3) is 1.84. The molecule has 1 aromatic heterocycles. The summed E-state index contributed by atoms with van der Waals surface area (Å²) in [6, 6.07) is 8.09. The van der Waals surface area contributed by atoms with Crippen molar-refractivity contribution in [3.8, 4) is 0 Å². The summed E-state index contributed by atoms with van der Waals surface area (Å²) in [6.45, 7) is 1.58. The largest absolute Gasteiger partial charge is 0.287 e. The number of benzene rings is 1. The number of carbonyl (C=O) groups excluding carboxylic acids is 1. The van der Waals surface area contributed by atoms with Crippen molar-refractivity contribution >= 4 is 32.7 Å². The SMILES string of the molecule is CC(=O)n1ccc2c(CCBr)cccc21. The van der Waals surface area contributed by atoms with Gasteiger partial charge in [-0.05, 0) is 24.1 Å². The van der Waals surface area contributed by atoms with Crippen LogP contribution in [-0.4, -0.2) is 15.8 Å². The van der Waals surface area contributed by atoms with E-state index in [4.69, 9.17) is 0 Å². The fourth-order valence-electron chi connectivity index (χ4n) is 1.83. The van der Waals surface area contributed by atoms with Crippen LogP contribution >= 0.6 is 15.9 Å². The number of carbonyl (C=O) groups is 1. The van der Waals surface area contributed by atoms with Crippen LogP contribution in [0.15, 0.2) is 30.5 Å². The number of hydrogen-bond acceptors (Lipinski definition) is 1. The Balaban J connectivity index is 2.63. The van der Waals surface area contributed by atoms with Crippen molar-refractivity contribution in [3.05, 3.63) is 36.0 Å². The second-order valence-electron chi connectivity index (χ2n) is 3.49. The van der Waals surface area contributed by atoms with Crippen molar-refractivity contribution in [2.24, 2.45) is 0 Å². The zero-order valence-electron chi connectivity index (χ0n) is 8.53. The van der Waals surface area contributed by atoms with Crippen molar-refractivity contribution in [1.29, 1.82) is 0 Å². The summed E-state index contributed by atoms with van der Waals surface area (Å²) in [5, 5.41) is 2.12. The molecule has 0 amide bonds. The third-order valence-corrected chi connectivity index (χ3v) is 2.92. The molecule has 2 rings (SSSR count). The monoisotopic (exact) mass is 265 g/mol. The summed E-state index contributed by atoms with van der Waals surface area (Å²) < 4.78 is 1.69. The van der Waals surface area contributed by atoms with Crippen LogP contribution in [0.3, 0.4) is 0 Å². The van der Waals surface area contributed by atoms with Gasteiger partial charge in [-0.1, -0.05) is 28.1 Å². The third-order valence-electron chi connectivity index (χ3n) is 2.53. The van der Waals surface area contributed by atoms with Crippen molar-refractivity contribution < 1.29 is 4.79 Å². The van der Waals surface area contributed by atoms with E-state index >= 15 is 0 Å². The maximum Gasteiger partial charge on any atom is 0.227 e. The smallest absolute Gasteiger partial charge is 0.227 e. The lowest BCUT2D eigenvalue weighted by atomic mass is 10.1. The van der Waals surface area contributed by atoms with E-state index in [0.717, 1.165) is 17.3 Å². The number of hydrogen-bond donors (Lipinski definition) is 0. The van der Waals surface area contributed by atoms with E-state index in [2.05, 4.69) is 22.0 Å². The van der Waals surface area contributed by atoms with Gasteiger partial charge >= 0.3 is 0 Å². The molecule has 0 fully saturated rings. The minimum Gasteiger partial charge on any atom is -0.287 e. The molecule has 78 valence electrons. The molecule has 0 spiro atoms. The predicted molar refractivity (Wildman–Crippen MR) is 65.7 cm³/mol. The first-order valence-electron chi connectivity index (χ1n) is 4.90. The van der Waals surface area contributed by atoms with E-state index in [1.54, 1.807) is 11.5 Å². The van der Waals surface area contributed by atoms with Crippen LogP contribution in [0.2, 0.25) is 0 Å². The molecule has 0 atom stereocenters. The molecule has 2 aromatic rings. The number of fused-ring (bicyclic) bond motifs is 1. The first-order valence-corrected chi connectivity index (χ1v) is 6.02. The molecule has 1 aromatic carbocycles. The molecule has 2 nitrogen and oxygen atoms in total. The van der Waals surface area contributed by atoms with E-state index in [9.17, 15) is 4.79 Å². The number of halogens is 1. The molecule has 0 unspecified atom stereocenters. The number of nitrogens with zero attached hydrogens (tertiary/aromatic N) is 1. The summed E-state index contributed by atoms with van der Waals surface area (Å²) in [4.78, 5) is 11.3. The van der Waals surface area contributed by atoms with Gasteiger partial charge in [0.15, 0.2) is 0 Å². The van der Waals surface area contributed by atoms with Crippen LogP contribution in [-0.2, 0) is 6.42 Å². The fourth-order valence-corrected chi connectivity index (χ4v) is 2.25. The molecule has 0 saturated heterocycles. The van der Waals surface area contributed by atoms with Gasteiger partial charge in [-0.2, -0.15) is 0 Å². The van der Waals surface area contributed by atoms with Crippen LogP contribution in [0.4, 0.5) is 0 Å². The summed E-state index contributed by atoms with van der Waals surface area (Å²) in [7, 11) is 0. The average Bonchev–Trinajstić information content (AvgIpc) is 2.62. The number of alkyl halides is 1. The normalized spacial score (nSPS) is 10.8.